The fourth-order valence-electron chi connectivity index (χ4n) is 5.50. The first-order chi connectivity index (χ1) is 21.8. The van der Waals surface area contributed by atoms with E-state index in [9.17, 15) is 9.59 Å². The Bertz CT molecular complexity index is 1470. The highest BCUT2D eigenvalue weighted by atomic mass is 35.5. The molecule has 3 aliphatic heterocycles. The summed E-state index contributed by atoms with van der Waals surface area (Å²) in [5, 5.41) is 24.1. The molecule has 3 heterocycles. The highest BCUT2D eigenvalue weighted by Gasteiger charge is 2.46. The smallest absolute Gasteiger partial charge is 0.272 e. The van der Waals surface area contributed by atoms with Crippen LogP contribution in [0.15, 0.2) is 91.2 Å². The molecule has 1 spiro atoms. The fraction of sp³-hybridized carbons (Fsp3) is 0.393. The summed E-state index contributed by atoms with van der Waals surface area (Å²) in [6.45, 7) is 2.11. The summed E-state index contributed by atoms with van der Waals surface area (Å²) < 4.78 is 5.86. The average molecular weight is 638 g/mol. The summed E-state index contributed by atoms with van der Waals surface area (Å²) in [6.07, 6.45) is 0.614. The second-order valence-electron chi connectivity index (χ2n) is 10.9. The number of nitrogens with zero attached hydrogens (tertiary/aromatic N) is 7. The van der Waals surface area contributed by atoms with Crippen molar-refractivity contribution in [3.8, 4) is 5.75 Å². The number of hydrazine groups is 1. The first-order valence-corrected chi connectivity index (χ1v) is 14.8. The number of ether oxygens (including phenoxy) is 1. The maximum atomic E-state index is 13.1. The van der Waals surface area contributed by atoms with Gasteiger partial charge in [-0.25, -0.2) is 10.0 Å². The van der Waals surface area contributed by atoms with Crippen LogP contribution in [-0.4, -0.2) is 65.1 Å². The minimum atomic E-state index is -1.07. The van der Waals surface area contributed by atoms with Crippen LogP contribution in [0, 0.1) is 0 Å². The Balaban J connectivity index is 1.09. The maximum absolute atomic E-state index is 13.1. The first-order valence-electron chi connectivity index (χ1n) is 14.4. The Kier molecular flexibility index (Phi) is 10.2. The van der Waals surface area contributed by atoms with Crippen molar-refractivity contribution < 1.29 is 14.3 Å². The first kappa shape index (κ1) is 31.8. The molecule has 2 amide bonds. The van der Waals surface area contributed by atoms with Crippen LogP contribution in [0.25, 0.3) is 0 Å². The number of carbonyl (C=O) groups is 2. The van der Waals surface area contributed by atoms with E-state index in [1.54, 1.807) is 0 Å². The van der Waals surface area contributed by atoms with E-state index in [1.807, 2.05) is 59.5 Å². The molecule has 2 aromatic rings. The van der Waals surface area contributed by atoms with Gasteiger partial charge < -0.3 is 32.0 Å². The molecule has 2 fully saturated rings. The number of piperidine rings is 1. The maximum Gasteiger partial charge on any atom is 0.272 e. The van der Waals surface area contributed by atoms with Crippen molar-refractivity contribution in [2.75, 3.05) is 19.6 Å². The molecule has 238 valence electrons. The summed E-state index contributed by atoms with van der Waals surface area (Å²) in [5.41, 5.74) is 1.70. The molecule has 2 unspecified atom stereocenters. The lowest BCUT2D eigenvalue weighted by Gasteiger charge is -2.39. The van der Waals surface area contributed by atoms with Crippen molar-refractivity contribution in [1.29, 1.82) is 0 Å². The quantitative estimate of drug-likeness (QED) is 0.0948. The molecule has 0 radical (unpaired) electrons. The zero-order valence-corrected chi connectivity index (χ0v) is 25.2. The number of benzene rings is 2. The van der Waals surface area contributed by atoms with Gasteiger partial charge in [0.05, 0.1) is 0 Å². The standard InChI is InChI=1S/C28H36ClN13O3/c29-23-25(38-40-31)34-24(37-39-30)22(33-23)26(44)35-27-36-28(17-42(27)32)12-14-41(15-13-28)21(43)11-8-18-6-9-20(10-7-18)45-16-19-4-2-1-3-5-19/h1-7,9-10,24,27,34,36H,8,11-17,32H2,(H2,30,37)(H2,31,38)(H,35,44). The van der Waals surface area contributed by atoms with E-state index in [-0.39, 0.29) is 28.1 Å². The highest BCUT2D eigenvalue weighted by Crippen LogP contribution is 2.28. The van der Waals surface area contributed by atoms with E-state index in [1.165, 1.54) is 5.01 Å². The molecule has 3 aliphatic rings. The van der Waals surface area contributed by atoms with E-state index < -0.39 is 18.4 Å². The Morgan fingerprint density at radius 1 is 1.07 bits per heavy atom. The summed E-state index contributed by atoms with van der Waals surface area (Å²) in [5.74, 6) is 16.9. The van der Waals surface area contributed by atoms with Gasteiger partial charge in [0.1, 0.15) is 18.6 Å². The second kappa shape index (κ2) is 14.4. The Morgan fingerprint density at radius 2 is 1.80 bits per heavy atom. The molecule has 2 saturated heterocycles. The zero-order chi connectivity index (χ0) is 31.8. The van der Waals surface area contributed by atoms with Gasteiger partial charge in [0, 0.05) is 31.6 Å². The molecule has 45 heavy (non-hydrogen) atoms. The SMILES string of the molecule is NN=NC1=C(Cl)N=C(C(=O)NC2NC3(CCN(C(=O)CCc4ccc(OCc5ccccc5)cc4)CC3)CN2N)C(N=NN)N1. The van der Waals surface area contributed by atoms with Crippen LogP contribution in [0.4, 0.5) is 0 Å². The molecular formula is C28H36ClN13O3. The van der Waals surface area contributed by atoms with Gasteiger partial charge in [0.2, 0.25) is 5.91 Å². The van der Waals surface area contributed by atoms with Gasteiger partial charge in [-0.3, -0.25) is 20.7 Å². The normalized spacial score (nSPS) is 21.7. The zero-order valence-electron chi connectivity index (χ0n) is 24.5. The molecular weight excluding hydrogens is 602 g/mol. The number of nitrogens with one attached hydrogen (secondary N) is 3. The van der Waals surface area contributed by atoms with Crippen LogP contribution in [-0.2, 0) is 22.6 Å². The summed E-state index contributed by atoms with van der Waals surface area (Å²) in [4.78, 5) is 32.1. The van der Waals surface area contributed by atoms with Gasteiger partial charge in [-0.05, 0) is 42.5 Å². The third-order valence-corrected chi connectivity index (χ3v) is 8.18. The van der Waals surface area contributed by atoms with Crippen molar-refractivity contribution in [2.45, 2.75) is 50.3 Å². The second-order valence-corrected chi connectivity index (χ2v) is 11.3. The fourth-order valence-corrected chi connectivity index (χ4v) is 5.68. The van der Waals surface area contributed by atoms with Crippen molar-refractivity contribution >= 4 is 29.1 Å². The average Bonchev–Trinajstić information content (AvgIpc) is 3.35. The number of nitrogens with two attached hydrogens (primary N) is 3. The van der Waals surface area contributed by atoms with Gasteiger partial charge in [-0.15, -0.1) is 10.2 Å². The van der Waals surface area contributed by atoms with E-state index in [0.717, 1.165) is 16.9 Å². The van der Waals surface area contributed by atoms with Crippen LogP contribution in [0.1, 0.15) is 30.4 Å². The van der Waals surface area contributed by atoms with Crippen molar-refractivity contribution in [3.63, 3.8) is 0 Å². The summed E-state index contributed by atoms with van der Waals surface area (Å²) in [7, 11) is 0. The number of likely N-dealkylation sites (tertiary alicyclic amines) is 1. The van der Waals surface area contributed by atoms with Crippen LogP contribution in [0.5, 0.6) is 5.75 Å². The highest BCUT2D eigenvalue weighted by molar-refractivity contribution is 6.43. The minimum absolute atomic E-state index is 0.00913. The monoisotopic (exact) mass is 637 g/mol. The minimum Gasteiger partial charge on any atom is -0.489 e. The third-order valence-electron chi connectivity index (χ3n) is 7.92. The predicted molar refractivity (Wildman–Crippen MR) is 165 cm³/mol. The number of amides is 2. The summed E-state index contributed by atoms with van der Waals surface area (Å²) in [6, 6.07) is 17.9. The van der Waals surface area contributed by atoms with E-state index in [0.29, 0.717) is 51.9 Å². The van der Waals surface area contributed by atoms with E-state index in [2.05, 4.69) is 41.6 Å². The number of carbonyl (C=O) groups excluding carboxylic acids is 2. The number of aryl methyl sites for hydroxylation is 1. The Labute approximate surface area is 264 Å². The Hall–Kier alpha value is -4.64. The van der Waals surface area contributed by atoms with Gasteiger partial charge >= 0.3 is 0 Å². The molecule has 2 aromatic carbocycles. The molecule has 17 heteroatoms. The molecule has 0 aliphatic carbocycles. The van der Waals surface area contributed by atoms with Gasteiger partial charge in [-0.2, -0.15) is 0 Å². The van der Waals surface area contributed by atoms with Crippen LogP contribution < -0.4 is 38.2 Å². The molecule has 0 aromatic heterocycles. The van der Waals surface area contributed by atoms with Crippen molar-refractivity contribution in [1.82, 2.24) is 25.9 Å². The van der Waals surface area contributed by atoms with Crippen molar-refractivity contribution in [2.24, 2.45) is 43.2 Å². The van der Waals surface area contributed by atoms with Crippen LogP contribution in [0.2, 0.25) is 0 Å². The van der Waals surface area contributed by atoms with Gasteiger partial charge in [0.15, 0.2) is 22.9 Å². The molecule has 0 bridgehead atoms. The number of hydrogen-bond donors (Lipinski definition) is 6. The van der Waals surface area contributed by atoms with Crippen LogP contribution in [0.3, 0.4) is 0 Å². The lowest BCUT2D eigenvalue weighted by Crippen LogP contribution is -2.59. The number of hydrogen-bond acceptors (Lipinski definition) is 12. The molecule has 9 N–H and O–H groups in total. The van der Waals surface area contributed by atoms with E-state index >= 15 is 0 Å². The van der Waals surface area contributed by atoms with Crippen molar-refractivity contribution in [3.05, 3.63) is 76.7 Å². The van der Waals surface area contributed by atoms with Crippen LogP contribution >= 0.6 is 11.6 Å². The molecule has 16 nitrogen and oxygen atoms in total. The third kappa shape index (κ3) is 7.91. The topological polar surface area (TPSA) is 226 Å². The molecule has 0 saturated carbocycles. The predicted octanol–water partition coefficient (Wildman–Crippen LogP) is 1.13. The van der Waals surface area contributed by atoms with Gasteiger partial charge in [0.25, 0.3) is 5.91 Å². The number of rotatable bonds is 10. The van der Waals surface area contributed by atoms with Gasteiger partial charge in [-0.1, -0.05) is 64.5 Å². The largest absolute Gasteiger partial charge is 0.489 e. The molecule has 2 atom stereocenters. The lowest BCUT2D eigenvalue weighted by molar-refractivity contribution is -0.132. The Morgan fingerprint density at radius 3 is 2.49 bits per heavy atom. The summed E-state index contributed by atoms with van der Waals surface area (Å²) >= 11 is 6.11. The number of halogens is 1. The molecule has 5 rings (SSSR count). The number of aliphatic imine (C=N–C) groups is 1. The lowest BCUT2D eigenvalue weighted by atomic mass is 9.88. The van der Waals surface area contributed by atoms with E-state index in [4.69, 9.17) is 33.9 Å².